The molecule has 0 amide bonds. The molecule has 4 heterocycles. The van der Waals surface area contributed by atoms with Crippen LogP contribution in [0.4, 0.5) is 0 Å². The largest absolute Gasteiger partial charge is 0.277 e. The number of fused-ring (bicyclic) bond motifs is 13. The van der Waals surface area contributed by atoms with Crippen molar-refractivity contribution in [2.24, 2.45) is 0 Å². The zero-order chi connectivity index (χ0) is 34.6. The van der Waals surface area contributed by atoms with Gasteiger partial charge in [-0.1, -0.05) is 140 Å². The monoisotopic (exact) mass is 709 g/mol. The standard InChI is InChI=1S/C48H27N3S2/c1-5-16-39-38(13-1)44(30-22-20-28(21-23-30)31-14-9-15-36-33-11-3-7-18-41(33)52-46(31)36)50-48(49-39)51-40-17-6-2-10-32(40)35-26-24-29-25-27-37-34-12-4-8-19-42(34)53-47(37)43(29)45(35)51/h1-27H. The van der Waals surface area contributed by atoms with Gasteiger partial charge in [-0.05, 0) is 40.8 Å². The van der Waals surface area contributed by atoms with Crippen LogP contribution in [0.25, 0.3) is 112 Å². The van der Waals surface area contributed by atoms with Gasteiger partial charge in [0.25, 0.3) is 0 Å². The minimum atomic E-state index is 0.676. The average molecular weight is 710 g/mol. The Balaban J connectivity index is 1.11. The summed E-state index contributed by atoms with van der Waals surface area (Å²) in [5, 5.41) is 11.1. The zero-order valence-electron chi connectivity index (χ0n) is 28.2. The number of rotatable bonds is 3. The summed E-state index contributed by atoms with van der Waals surface area (Å²) in [6.45, 7) is 0. The lowest BCUT2D eigenvalue weighted by atomic mass is 9.99. The third-order valence-electron chi connectivity index (χ3n) is 10.8. The van der Waals surface area contributed by atoms with E-state index in [4.69, 9.17) is 9.97 Å². The van der Waals surface area contributed by atoms with Crippen molar-refractivity contribution in [2.45, 2.75) is 0 Å². The van der Waals surface area contributed by atoms with Gasteiger partial charge in [0.2, 0.25) is 5.95 Å². The quantitative estimate of drug-likeness (QED) is 0.183. The molecule has 0 saturated carbocycles. The van der Waals surface area contributed by atoms with Crippen LogP contribution in [0.5, 0.6) is 0 Å². The van der Waals surface area contributed by atoms with Crippen molar-refractivity contribution < 1.29 is 0 Å². The van der Waals surface area contributed by atoms with Crippen molar-refractivity contribution in [3.63, 3.8) is 0 Å². The minimum Gasteiger partial charge on any atom is -0.277 e. The molecule has 0 aliphatic rings. The van der Waals surface area contributed by atoms with Crippen LogP contribution < -0.4 is 0 Å². The lowest BCUT2D eigenvalue weighted by Gasteiger charge is -2.13. The number of hydrogen-bond donors (Lipinski definition) is 0. The van der Waals surface area contributed by atoms with Crippen molar-refractivity contribution >= 4 is 106 Å². The number of benzene rings is 8. The van der Waals surface area contributed by atoms with Crippen LogP contribution in [0.15, 0.2) is 164 Å². The van der Waals surface area contributed by atoms with Crippen molar-refractivity contribution in [1.29, 1.82) is 0 Å². The molecule has 12 rings (SSSR count). The highest BCUT2D eigenvalue weighted by molar-refractivity contribution is 7.27. The summed E-state index contributed by atoms with van der Waals surface area (Å²) in [5.41, 5.74) is 7.61. The first-order valence-electron chi connectivity index (χ1n) is 17.8. The van der Waals surface area contributed by atoms with Gasteiger partial charge in [0.15, 0.2) is 0 Å². The average Bonchev–Trinajstić information content (AvgIpc) is 3.90. The van der Waals surface area contributed by atoms with E-state index in [0.717, 1.165) is 33.2 Å². The summed E-state index contributed by atoms with van der Waals surface area (Å²) < 4.78 is 7.54. The third-order valence-corrected chi connectivity index (χ3v) is 13.2. The molecule has 0 atom stereocenters. The van der Waals surface area contributed by atoms with Crippen molar-refractivity contribution in [3.8, 4) is 28.3 Å². The predicted molar refractivity (Wildman–Crippen MR) is 228 cm³/mol. The molecule has 0 N–H and O–H groups in total. The number of hydrogen-bond acceptors (Lipinski definition) is 4. The Hall–Kier alpha value is -6.40. The molecule has 246 valence electrons. The van der Waals surface area contributed by atoms with E-state index in [9.17, 15) is 0 Å². The Bertz CT molecular complexity index is 3450. The highest BCUT2D eigenvalue weighted by Gasteiger charge is 2.21. The third kappa shape index (κ3) is 4.20. The molecule has 0 aliphatic heterocycles. The van der Waals surface area contributed by atoms with Gasteiger partial charge in [0.05, 0.1) is 22.2 Å². The molecule has 4 aromatic heterocycles. The second-order valence-corrected chi connectivity index (χ2v) is 15.8. The fourth-order valence-electron chi connectivity index (χ4n) is 8.41. The van der Waals surface area contributed by atoms with Crippen LogP contribution in [0.3, 0.4) is 0 Å². The first-order valence-corrected chi connectivity index (χ1v) is 19.5. The first-order chi connectivity index (χ1) is 26.3. The Morgan fingerprint density at radius 1 is 0.415 bits per heavy atom. The van der Waals surface area contributed by atoms with Gasteiger partial charge in [-0.25, -0.2) is 9.97 Å². The first kappa shape index (κ1) is 29.2. The van der Waals surface area contributed by atoms with E-state index >= 15 is 0 Å². The molecule has 12 aromatic rings. The SMILES string of the molecule is c1ccc2c(-c3ccc(-c4cccc5c4sc4ccccc45)cc3)nc(-n3c4ccccc4c4ccc5ccc6c7ccccc7sc6c5c43)nc2c1. The van der Waals surface area contributed by atoms with Crippen LogP contribution in [0, 0.1) is 0 Å². The van der Waals surface area contributed by atoms with Crippen LogP contribution in [0.1, 0.15) is 0 Å². The lowest BCUT2D eigenvalue weighted by Crippen LogP contribution is -2.03. The highest BCUT2D eigenvalue weighted by Crippen LogP contribution is 2.45. The highest BCUT2D eigenvalue weighted by atomic mass is 32.1. The van der Waals surface area contributed by atoms with Crippen LogP contribution in [0.2, 0.25) is 0 Å². The summed E-state index contributed by atoms with van der Waals surface area (Å²) in [5.74, 6) is 0.676. The predicted octanol–water partition coefficient (Wildman–Crippen LogP) is 13.9. The van der Waals surface area contributed by atoms with Gasteiger partial charge < -0.3 is 0 Å². The minimum absolute atomic E-state index is 0.676. The molecule has 0 aliphatic carbocycles. The van der Waals surface area contributed by atoms with E-state index in [2.05, 4.69) is 168 Å². The summed E-state index contributed by atoms with van der Waals surface area (Å²) in [6, 6.07) is 59.2. The molecule has 0 spiro atoms. The second-order valence-electron chi connectivity index (χ2n) is 13.7. The number of aromatic nitrogens is 3. The van der Waals surface area contributed by atoms with Gasteiger partial charge in [-0.15, -0.1) is 22.7 Å². The maximum absolute atomic E-state index is 5.48. The van der Waals surface area contributed by atoms with Crippen molar-refractivity contribution in [1.82, 2.24) is 14.5 Å². The van der Waals surface area contributed by atoms with E-state index in [-0.39, 0.29) is 0 Å². The van der Waals surface area contributed by atoms with Crippen LogP contribution in [-0.4, -0.2) is 14.5 Å². The van der Waals surface area contributed by atoms with Crippen molar-refractivity contribution in [3.05, 3.63) is 164 Å². The maximum atomic E-state index is 5.48. The molecule has 0 bridgehead atoms. The van der Waals surface area contributed by atoms with E-state index in [0.29, 0.717) is 5.95 Å². The van der Waals surface area contributed by atoms with Crippen LogP contribution >= 0.6 is 22.7 Å². The Kier molecular flexibility index (Phi) is 6.09. The number of nitrogens with zero attached hydrogens (tertiary/aromatic N) is 3. The lowest BCUT2D eigenvalue weighted by molar-refractivity contribution is 1.02. The fourth-order valence-corrected chi connectivity index (χ4v) is 10.9. The molecular weight excluding hydrogens is 683 g/mol. The maximum Gasteiger partial charge on any atom is 0.235 e. The molecule has 0 unspecified atom stereocenters. The Morgan fingerprint density at radius 2 is 1.02 bits per heavy atom. The summed E-state index contributed by atoms with van der Waals surface area (Å²) in [4.78, 5) is 10.8. The van der Waals surface area contributed by atoms with E-state index in [1.807, 2.05) is 22.7 Å². The molecule has 5 heteroatoms. The molecule has 53 heavy (non-hydrogen) atoms. The molecule has 0 fully saturated rings. The van der Waals surface area contributed by atoms with Gasteiger partial charge >= 0.3 is 0 Å². The normalized spacial score (nSPS) is 12.2. The van der Waals surface area contributed by atoms with Crippen LogP contribution in [-0.2, 0) is 0 Å². The zero-order valence-corrected chi connectivity index (χ0v) is 29.9. The summed E-state index contributed by atoms with van der Waals surface area (Å²) >= 11 is 3.74. The Morgan fingerprint density at radius 3 is 1.81 bits per heavy atom. The number of para-hydroxylation sites is 2. The van der Waals surface area contributed by atoms with Gasteiger partial charge in [0, 0.05) is 67.5 Å². The van der Waals surface area contributed by atoms with E-state index in [1.54, 1.807) is 0 Å². The van der Waals surface area contributed by atoms with Gasteiger partial charge in [0.1, 0.15) is 0 Å². The Labute approximate surface area is 311 Å². The smallest absolute Gasteiger partial charge is 0.235 e. The van der Waals surface area contributed by atoms with Crippen molar-refractivity contribution in [2.75, 3.05) is 0 Å². The number of thiophene rings is 2. The van der Waals surface area contributed by atoms with Gasteiger partial charge in [-0.3, -0.25) is 4.57 Å². The topological polar surface area (TPSA) is 30.7 Å². The fraction of sp³-hybridized carbons (Fsp3) is 0. The molecule has 0 saturated heterocycles. The molecular formula is C48H27N3S2. The van der Waals surface area contributed by atoms with E-state index < -0.39 is 0 Å². The molecule has 8 aromatic carbocycles. The second kappa shape index (κ2) is 11.1. The molecule has 3 nitrogen and oxygen atoms in total. The summed E-state index contributed by atoms with van der Waals surface area (Å²) in [6.07, 6.45) is 0. The van der Waals surface area contributed by atoms with E-state index in [1.165, 1.54) is 73.0 Å². The summed E-state index contributed by atoms with van der Waals surface area (Å²) in [7, 11) is 0. The molecule has 0 radical (unpaired) electrons. The van der Waals surface area contributed by atoms with Gasteiger partial charge in [-0.2, -0.15) is 0 Å².